The molecule has 2 fully saturated rings. The zero-order valence-corrected chi connectivity index (χ0v) is 31.2. The molecule has 2 aromatic carbocycles. The summed E-state index contributed by atoms with van der Waals surface area (Å²) in [5.74, 6) is -9.86. The number of benzene rings is 2. The van der Waals surface area contributed by atoms with Crippen LogP contribution in [0.2, 0.25) is 13.1 Å². The molecular formula is C41H49ClF3N3O5Si. The number of aromatic carboxylic acids is 1. The summed E-state index contributed by atoms with van der Waals surface area (Å²) in [5.41, 5.74) is -6.64. The molecule has 0 spiro atoms. The standard InChI is InChI=1S/C41H49ClF3N3O5Si/c1-54(2)31-25-27(47-17-6-7-18-47)11-13-29(31)33(30-14-12-28(26-32(30)54)48-19-8-9-20-48)34-35(41(50)51)38(44)39(45)36(37(34)43)40(49)46-16-22-53-24-23-52-21-10-4-3-5-15-42/h11-14,25-26H,3-10,15-24H2,1-2H3,(H-,46,49,50,51)/i6D2,7D2,8D2,9D2,17D2,18D2,19D2,20D2. The van der Waals surface area contributed by atoms with Crippen LogP contribution in [0.5, 0.6) is 0 Å². The van der Waals surface area contributed by atoms with E-state index in [4.69, 9.17) is 43.0 Å². The number of rotatable bonds is 16. The molecule has 2 aromatic rings. The Morgan fingerprint density at radius 3 is 2.31 bits per heavy atom. The first-order valence-corrected chi connectivity index (χ1v) is 20.8. The molecule has 0 saturated carbocycles. The second-order valence-electron chi connectivity index (χ2n) is 13.0. The fourth-order valence-electron chi connectivity index (χ4n) is 6.61. The lowest BCUT2D eigenvalue weighted by atomic mass is 9.85. The Hall–Kier alpha value is -3.71. The van der Waals surface area contributed by atoms with Crippen LogP contribution >= 0.6 is 11.6 Å². The molecule has 6 rings (SSSR count). The molecule has 4 aliphatic rings. The molecule has 290 valence electrons. The van der Waals surface area contributed by atoms with Crippen LogP contribution in [0.3, 0.4) is 0 Å². The minimum Gasteiger partial charge on any atom is -0.545 e. The Kier molecular flexibility index (Phi) is 7.94. The van der Waals surface area contributed by atoms with Gasteiger partial charge in [0.2, 0.25) is 0 Å². The topological polar surface area (TPSA) is 93.9 Å². The predicted molar refractivity (Wildman–Crippen MR) is 206 cm³/mol. The first-order valence-electron chi connectivity index (χ1n) is 25.3. The summed E-state index contributed by atoms with van der Waals surface area (Å²) in [6, 6.07) is 3.13. The summed E-state index contributed by atoms with van der Waals surface area (Å²) >= 11 is 5.67. The molecule has 0 aromatic heterocycles. The van der Waals surface area contributed by atoms with Crippen molar-refractivity contribution >= 4 is 53.7 Å². The first-order chi connectivity index (χ1) is 32.1. The largest absolute Gasteiger partial charge is 0.545 e. The summed E-state index contributed by atoms with van der Waals surface area (Å²) in [6.45, 7) is -10.5. The van der Waals surface area contributed by atoms with Crippen molar-refractivity contribution in [1.82, 2.24) is 5.32 Å². The van der Waals surface area contributed by atoms with Crippen molar-refractivity contribution in [3.05, 3.63) is 86.9 Å². The maximum Gasteiger partial charge on any atom is 0.257 e. The van der Waals surface area contributed by atoms with E-state index in [2.05, 4.69) is 5.32 Å². The average Bonchev–Trinajstić information content (AvgIpc) is 3.37. The molecule has 1 aliphatic carbocycles. The van der Waals surface area contributed by atoms with Crippen LogP contribution in [-0.2, 0) is 9.47 Å². The number of halogens is 4. The van der Waals surface area contributed by atoms with Gasteiger partial charge < -0.3 is 29.6 Å². The van der Waals surface area contributed by atoms with Gasteiger partial charge in [-0.25, -0.2) is 17.7 Å². The molecule has 0 radical (unpaired) electrons. The van der Waals surface area contributed by atoms with E-state index >= 15 is 13.2 Å². The number of carbonyl (C=O) groups excluding carboxylic acids is 2. The fraction of sp³-hybridized carbons (Fsp3) is 0.488. The molecule has 8 nitrogen and oxygen atoms in total. The fourth-order valence-corrected chi connectivity index (χ4v) is 9.87. The number of carbonyl (C=O) groups is 2. The first kappa shape index (κ1) is 24.0. The van der Waals surface area contributed by atoms with Crippen molar-refractivity contribution in [2.75, 3.05) is 69.7 Å². The number of hydrogen-bond acceptors (Lipinski definition) is 6. The number of hydrogen-bond donors (Lipinski definition) is 1. The van der Waals surface area contributed by atoms with Gasteiger partial charge in [0.1, 0.15) is 37.9 Å². The van der Waals surface area contributed by atoms with E-state index in [1.165, 1.54) is 0 Å². The third-order valence-corrected chi connectivity index (χ3v) is 13.1. The van der Waals surface area contributed by atoms with Crippen LogP contribution in [0, 0.1) is 17.5 Å². The summed E-state index contributed by atoms with van der Waals surface area (Å²) < 4.78 is 197. The Labute approximate surface area is 343 Å². The van der Waals surface area contributed by atoms with Crippen molar-refractivity contribution in [3.63, 3.8) is 0 Å². The summed E-state index contributed by atoms with van der Waals surface area (Å²) in [5, 5.41) is 15.0. The van der Waals surface area contributed by atoms with Gasteiger partial charge in [0.25, 0.3) is 5.91 Å². The number of fused-ring (bicyclic) bond motifs is 2. The third-order valence-electron chi connectivity index (χ3n) is 9.28. The van der Waals surface area contributed by atoms with Crippen LogP contribution in [0.15, 0.2) is 47.2 Å². The number of alkyl halides is 1. The van der Waals surface area contributed by atoms with E-state index in [9.17, 15) is 14.7 Å². The van der Waals surface area contributed by atoms with E-state index in [-0.39, 0.29) is 57.4 Å². The van der Waals surface area contributed by atoms with Crippen molar-refractivity contribution in [2.45, 2.75) is 64.3 Å². The second kappa shape index (κ2) is 17.8. The van der Waals surface area contributed by atoms with Gasteiger partial charge in [-0.05, 0) is 70.9 Å². The van der Waals surface area contributed by atoms with Gasteiger partial charge in [-0.15, -0.1) is 11.6 Å². The number of ether oxygens (including phenoxy) is 2. The van der Waals surface area contributed by atoms with Crippen LogP contribution in [0.1, 0.15) is 105 Å². The number of anilines is 1. The average molecular weight is 800 g/mol. The number of allylic oxidation sites excluding steroid dienone is 5. The van der Waals surface area contributed by atoms with Gasteiger partial charge in [0, 0.05) is 90.2 Å². The Bertz CT molecular complexity index is 2580. The number of unbranched alkanes of at least 4 members (excludes halogenated alkanes) is 3. The highest BCUT2D eigenvalue weighted by Crippen LogP contribution is 2.45. The zero-order valence-electron chi connectivity index (χ0n) is 45.5. The van der Waals surface area contributed by atoms with Crippen molar-refractivity contribution in [3.8, 4) is 0 Å². The van der Waals surface area contributed by atoms with Gasteiger partial charge >= 0.3 is 0 Å². The maximum absolute atomic E-state index is 17.4. The van der Waals surface area contributed by atoms with Crippen LogP contribution in [0.4, 0.5) is 18.9 Å². The lowest BCUT2D eigenvalue weighted by Crippen LogP contribution is -2.50. The number of carboxylic acids is 1. The smallest absolute Gasteiger partial charge is 0.257 e. The normalized spacial score (nSPS) is 29.4. The number of nitrogens with zero attached hydrogens (tertiary/aromatic N) is 2. The van der Waals surface area contributed by atoms with Crippen LogP contribution < -0.4 is 20.5 Å². The molecule has 1 amide bonds. The van der Waals surface area contributed by atoms with Gasteiger partial charge in [0.15, 0.2) is 17.3 Å². The number of amides is 1. The van der Waals surface area contributed by atoms with Gasteiger partial charge in [-0.3, -0.25) is 4.79 Å². The number of nitrogens with one attached hydrogen (secondary N) is 1. The predicted octanol–water partition coefficient (Wildman–Crippen LogP) is 5.64. The van der Waals surface area contributed by atoms with Crippen LogP contribution in [0.25, 0.3) is 5.57 Å². The summed E-state index contributed by atoms with van der Waals surface area (Å²) in [4.78, 5) is 26.7. The lowest BCUT2D eigenvalue weighted by Gasteiger charge is -2.39. The van der Waals surface area contributed by atoms with Crippen LogP contribution in [-0.4, -0.2) is 95.1 Å². The number of carboxylic acid groups (broad SMARTS) is 1. The molecule has 0 atom stereocenters. The zero-order chi connectivity index (χ0) is 52.7. The van der Waals surface area contributed by atoms with Crippen molar-refractivity contribution in [1.29, 1.82) is 0 Å². The molecule has 3 heterocycles. The highest BCUT2D eigenvalue weighted by molar-refractivity contribution is 6.98. The summed E-state index contributed by atoms with van der Waals surface area (Å²) in [7, 11) is -3.76. The van der Waals surface area contributed by atoms with E-state index in [0.29, 0.717) is 12.5 Å². The molecule has 0 bridgehead atoms. The Morgan fingerprint density at radius 2 is 1.61 bits per heavy atom. The van der Waals surface area contributed by atoms with E-state index < -0.39 is 123 Å². The molecular weight excluding hydrogens is 735 g/mol. The minimum absolute atomic E-state index is 0.0470. The Morgan fingerprint density at radius 1 is 0.926 bits per heavy atom. The van der Waals surface area contributed by atoms with Gasteiger partial charge in [0.05, 0.1) is 25.8 Å². The third kappa shape index (κ3) is 8.27. The second-order valence-corrected chi connectivity index (χ2v) is 17.7. The minimum atomic E-state index is -3.76. The molecule has 54 heavy (non-hydrogen) atoms. The van der Waals surface area contributed by atoms with Crippen molar-refractivity contribution < 1.29 is 63.8 Å². The molecule has 2 saturated heterocycles. The van der Waals surface area contributed by atoms with Crippen molar-refractivity contribution in [2.24, 2.45) is 0 Å². The highest BCUT2D eigenvalue weighted by atomic mass is 35.5. The molecule has 1 N–H and O–H groups in total. The van der Waals surface area contributed by atoms with E-state index in [0.717, 1.165) is 62.1 Å². The highest BCUT2D eigenvalue weighted by Gasteiger charge is 2.43. The van der Waals surface area contributed by atoms with E-state index in [1.807, 2.05) is 0 Å². The maximum atomic E-state index is 17.4. The van der Waals surface area contributed by atoms with Gasteiger partial charge in [-0.1, -0.05) is 32.0 Å². The lowest BCUT2D eigenvalue weighted by molar-refractivity contribution is -0.504. The monoisotopic (exact) mass is 799 g/mol. The SMILES string of the molecule is [2H]C1([2H])N(c2ccc3c(c2)[Si](C)(C)C2=CC(=[N+]4C([2H])([2H])C([2H])([2H])C([2H])([2H])C4([2H])[2H])C=CC2=C3c2c(F)c(C(=O)NCCOCCOCCCCCCCl)c(F)c(F)c2C(=O)[O-])C([2H])([2H])C([2H])([2H])C1([2H])[2H]. The summed E-state index contributed by atoms with van der Waals surface area (Å²) in [6.07, 6.45) is -7.41. The molecule has 13 heteroatoms. The molecule has 3 aliphatic heterocycles. The van der Waals surface area contributed by atoms with E-state index in [1.54, 1.807) is 13.1 Å². The quantitative estimate of drug-likeness (QED) is 0.0778. The Balaban J connectivity index is 1.55. The molecule has 0 unspecified atom stereocenters. The van der Waals surface area contributed by atoms with Gasteiger partial charge in [-0.2, -0.15) is 0 Å².